The smallest absolute Gasteiger partial charge is 0.300 e. The number of nitrogens with one attached hydrogen (secondary N) is 1. The van der Waals surface area contributed by atoms with E-state index in [0.29, 0.717) is 36.3 Å². The summed E-state index contributed by atoms with van der Waals surface area (Å²) in [6.45, 7) is 4.56. The molecule has 0 amide bonds. The Labute approximate surface area is 182 Å². The van der Waals surface area contributed by atoms with Gasteiger partial charge in [-0.05, 0) is 36.4 Å². The highest BCUT2D eigenvalue weighted by Gasteiger charge is 2.29. The predicted octanol–water partition coefficient (Wildman–Crippen LogP) is 4.08. The number of benzene rings is 1. The Kier molecular flexibility index (Phi) is 5.71. The number of oxazole rings is 1. The minimum Gasteiger partial charge on any atom is -0.423 e. The number of hydrogen-bond donors (Lipinski definition) is 1. The molecule has 10 heteroatoms. The lowest BCUT2D eigenvalue weighted by Gasteiger charge is -2.42. The Morgan fingerprint density at radius 2 is 1.78 bits per heavy atom. The summed E-state index contributed by atoms with van der Waals surface area (Å²) in [5, 5.41) is 2.88. The van der Waals surface area contributed by atoms with Gasteiger partial charge in [-0.25, -0.2) is 23.1 Å². The lowest BCUT2D eigenvalue weighted by atomic mass is 10.1. The molecular formula is C22H22F3N5O2. The molecule has 2 aliphatic heterocycles. The molecule has 2 saturated heterocycles. The molecule has 0 spiro atoms. The third kappa shape index (κ3) is 4.42. The SMILES string of the molecule is Fc1ccc(-c2cnc(Nc3cc(C(F)F)cc(N4CCN(C5COC5)CC4)n3)o2)cc1. The summed E-state index contributed by atoms with van der Waals surface area (Å²) in [5.74, 6) is 0.781. The minimum absolute atomic E-state index is 0.115. The van der Waals surface area contributed by atoms with Crippen molar-refractivity contribution in [1.82, 2.24) is 14.9 Å². The van der Waals surface area contributed by atoms with Gasteiger partial charge < -0.3 is 14.1 Å². The molecule has 3 aromatic rings. The van der Waals surface area contributed by atoms with Crippen molar-refractivity contribution in [1.29, 1.82) is 0 Å². The second-order valence-corrected chi connectivity index (χ2v) is 7.82. The topological polar surface area (TPSA) is 66.7 Å². The Morgan fingerprint density at radius 1 is 1.03 bits per heavy atom. The van der Waals surface area contributed by atoms with Gasteiger partial charge in [-0.2, -0.15) is 0 Å². The molecule has 0 bridgehead atoms. The Morgan fingerprint density at radius 3 is 2.44 bits per heavy atom. The van der Waals surface area contributed by atoms with E-state index in [1.165, 1.54) is 30.5 Å². The molecule has 0 radical (unpaired) electrons. The predicted molar refractivity (Wildman–Crippen MR) is 113 cm³/mol. The standard InChI is InChI=1S/C22H22F3N5O2/c23-16-3-1-14(2-4-16)18-11-26-22(32-18)28-19-9-15(21(24)25)10-20(27-19)30-7-5-29(6-8-30)17-12-31-13-17/h1-4,9-11,17,21H,5-8,12-13H2,(H,26,27,28). The summed E-state index contributed by atoms with van der Waals surface area (Å²) < 4.78 is 51.1. The normalized spacial score (nSPS) is 17.6. The van der Waals surface area contributed by atoms with Crippen molar-refractivity contribution in [3.05, 3.63) is 54.0 Å². The van der Waals surface area contributed by atoms with Crippen LogP contribution in [0.15, 0.2) is 47.0 Å². The summed E-state index contributed by atoms with van der Waals surface area (Å²) in [7, 11) is 0. The molecule has 1 N–H and O–H groups in total. The summed E-state index contributed by atoms with van der Waals surface area (Å²) in [6.07, 6.45) is -1.15. The van der Waals surface area contributed by atoms with Crippen LogP contribution in [-0.2, 0) is 4.74 Å². The number of hydrogen-bond acceptors (Lipinski definition) is 7. The zero-order chi connectivity index (χ0) is 22.1. The number of rotatable bonds is 6. The Balaban J connectivity index is 1.33. The summed E-state index contributed by atoms with van der Waals surface area (Å²) in [4.78, 5) is 13.0. The second kappa shape index (κ2) is 8.79. The quantitative estimate of drug-likeness (QED) is 0.613. The summed E-state index contributed by atoms with van der Waals surface area (Å²) in [6, 6.07) is 9.07. The lowest BCUT2D eigenvalue weighted by Crippen LogP contribution is -2.56. The van der Waals surface area contributed by atoms with Gasteiger partial charge in [0, 0.05) is 37.3 Å². The van der Waals surface area contributed by atoms with E-state index in [-0.39, 0.29) is 23.2 Å². The minimum atomic E-state index is -2.63. The van der Waals surface area contributed by atoms with E-state index in [1.54, 1.807) is 12.1 Å². The number of anilines is 3. The van der Waals surface area contributed by atoms with Gasteiger partial charge >= 0.3 is 6.01 Å². The van der Waals surface area contributed by atoms with E-state index in [0.717, 1.165) is 26.3 Å². The molecule has 0 saturated carbocycles. The maximum absolute atomic E-state index is 13.5. The van der Waals surface area contributed by atoms with Crippen LogP contribution < -0.4 is 10.2 Å². The van der Waals surface area contributed by atoms with Crippen LogP contribution in [0.2, 0.25) is 0 Å². The molecule has 1 aromatic carbocycles. The molecule has 2 aliphatic rings. The van der Waals surface area contributed by atoms with Crippen LogP contribution in [-0.4, -0.2) is 60.3 Å². The zero-order valence-corrected chi connectivity index (χ0v) is 17.2. The third-order valence-electron chi connectivity index (χ3n) is 5.73. The van der Waals surface area contributed by atoms with Gasteiger partial charge in [0.2, 0.25) is 0 Å². The van der Waals surface area contributed by atoms with Crippen molar-refractivity contribution >= 4 is 17.7 Å². The molecule has 2 fully saturated rings. The fourth-order valence-electron chi connectivity index (χ4n) is 3.83. The van der Waals surface area contributed by atoms with Gasteiger partial charge in [0.05, 0.1) is 25.5 Å². The van der Waals surface area contributed by atoms with Crippen molar-refractivity contribution in [3.63, 3.8) is 0 Å². The highest BCUT2D eigenvalue weighted by Crippen LogP contribution is 2.29. The molecule has 4 heterocycles. The number of piperazine rings is 1. The highest BCUT2D eigenvalue weighted by atomic mass is 19.3. The molecule has 168 valence electrons. The van der Waals surface area contributed by atoms with Crippen molar-refractivity contribution in [3.8, 4) is 11.3 Å². The van der Waals surface area contributed by atoms with Crippen molar-refractivity contribution in [2.45, 2.75) is 12.5 Å². The van der Waals surface area contributed by atoms with Crippen molar-refractivity contribution in [2.75, 3.05) is 49.6 Å². The van der Waals surface area contributed by atoms with Crippen molar-refractivity contribution in [2.24, 2.45) is 0 Å². The first-order valence-corrected chi connectivity index (χ1v) is 10.4. The molecule has 0 aliphatic carbocycles. The summed E-state index contributed by atoms with van der Waals surface area (Å²) >= 11 is 0. The van der Waals surface area contributed by atoms with Crippen LogP contribution in [0.25, 0.3) is 11.3 Å². The number of halogens is 3. The fraction of sp³-hybridized carbons (Fsp3) is 0.364. The first-order chi connectivity index (χ1) is 15.5. The number of nitrogens with zero attached hydrogens (tertiary/aromatic N) is 4. The van der Waals surface area contributed by atoms with Crippen LogP contribution in [0, 0.1) is 5.82 Å². The number of alkyl halides is 2. The van der Waals surface area contributed by atoms with Gasteiger partial charge in [-0.15, -0.1) is 0 Å². The average molecular weight is 445 g/mol. The van der Waals surface area contributed by atoms with Crippen molar-refractivity contribution < 1.29 is 22.3 Å². The molecule has 0 unspecified atom stereocenters. The molecule has 7 nitrogen and oxygen atoms in total. The van der Waals surface area contributed by atoms with E-state index in [2.05, 4.69) is 20.2 Å². The monoisotopic (exact) mass is 445 g/mol. The van der Waals surface area contributed by atoms with Crippen LogP contribution in [0.4, 0.5) is 30.8 Å². The third-order valence-corrected chi connectivity index (χ3v) is 5.73. The van der Waals surface area contributed by atoms with E-state index < -0.39 is 6.43 Å². The van der Waals surface area contributed by atoms with E-state index in [4.69, 9.17) is 9.15 Å². The van der Waals surface area contributed by atoms with Crippen LogP contribution in [0.1, 0.15) is 12.0 Å². The number of pyridine rings is 1. The second-order valence-electron chi connectivity index (χ2n) is 7.82. The van der Waals surface area contributed by atoms with E-state index >= 15 is 0 Å². The lowest BCUT2D eigenvalue weighted by molar-refractivity contribution is -0.0661. The van der Waals surface area contributed by atoms with Gasteiger partial charge in [0.1, 0.15) is 17.5 Å². The van der Waals surface area contributed by atoms with Crippen LogP contribution in [0.5, 0.6) is 0 Å². The first-order valence-electron chi connectivity index (χ1n) is 10.4. The maximum atomic E-state index is 13.5. The van der Waals surface area contributed by atoms with Crippen LogP contribution >= 0.6 is 0 Å². The van der Waals surface area contributed by atoms with E-state index in [1.807, 2.05) is 4.90 Å². The van der Waals surface area contributed by atoms with Gasteiger partial charge in [-0.1, -0.05) is 0 Å². The number of aromatic nitrogens is 2. The maximum Gasteiger partial charge on any atom is 0.300 e. The molecule has 0 atom stereocenters. The van der Waals surface area contributed by atoms with Gasteiger partial charge in [0.25, 0.3) is 6.43 Å². The largest absolute Gasteiger partial charge is 0.423 e. The highest BCUT2D eigenvalue weighted by molar-refractivity contribution is 5.60. The first kappa shape index (κ1) is 20.8. The molecule has 32 heavy (non-hydrogen) atoms. The number of ether oxygens (including phenoxy) is 1. The Hall–Kier alpha value is -3.11. The summed E-state index contributed by atoms with van der Waals surface area (Å²) in [5.41, 5.74) is 0.522. The van der Waals surface area contributed by atoms with E-state index in [9.17, 15) is 13.2 Å². The average Bonchev–Trinajstić information content (AvgIpc) is 3.22. The van der Waals surface area contributed by atoms with Gasteiger partial charge in [-0.3, -0.25) is 10.2 Å². The zero-order valence-electron chi connectivity index (χ0n) is 17.2. The molecule has 2 aromatic heterocycles. The molecular weight excluding hydrogens is 423 g/mol. The van der Waals surface area contributed by atoms with Gasteiger partial charge in [0.15, 0.2) is 5.76 Å². The van der Waals surface area contributed by atoms with Crippen LogP contribution in [0.3, 0.4) is 0 Å². The fourth-order valence-corrected chi connectivity index (χ4v) is 3.83. The molecule has 5 rings (SSSR count). The Bertz CT molecular complexity index is 1060.